The minimum atomic E-state index is 0.300. The molecule has 0 amide bonds. The molecule has 0 aromatic carbocycles. The molecule has 0 radical (unpaired) electrons. The van der Waals surface area contributed by atoms with Gasteiger partial charge in [-0.15, -0.1) is 0 Å². The van der Waals surface area contributed by atoms with Crippen molar-refractivity contribution in [2.45, 2.75) is 12.8 Å². The molecule has 2 nitrogen and oxygen atoms in total. The predicted molar refractivity (Wildman–Crippen MR) is 31.4 cm³/mol. The standard InChI is InChI=1S/C6H9NO/c1-5-4-6(8)2-3-7-5/h7H,1-4H2. The highest BCUT2D eigenvalue weighted by Crippen LogP contribution is 2.02. The van der Waals surface area contributed by atoms with Gasteiger partial charge in [-0.25, -0.2) is 0 Å². The Morgan fingerprint density at radius 1 is 1.62 bits per heavy atom. The molecule has 1 aliphatic heterocycles. The van der Waals surface area contributed by atoms with Crippen molar-refractivity contribution < 1.29 is 4.79 Å². The van der Waals surface area contributed by atoms with Crippen LogP contribution in [0.15, 0.2) is 12.3 Å². The minimum Gasteiger partial charge on any atom is -0.388 e. The van der Waals surface area contributed by atoms with E-state index < -0.39 is 0 Å². The van der Waals surface area contributed by atoms with E-state index >= 15 is 0 Å². The molecule has 0 atom stereocenters. The van der Waals surface area contributed by atoms with E-state index in [4.69, 9.17) is 0 Å². The van der Waals surface area contributed by atoms with Crippen LogP contribution in [0.1, 0.15) is 12.8 Å². The fraction of sp³-hybridized carbons (Fsp3) is 0.500. The van der Waals surface area contributed by atoms with Crippen LogP contribution < -0.4 is 5.32 Å². The predicted octanol–water partition coefficient (Wildman–Crippen LogP) is 0.453. The summed E-state index contributed by atoms with van der Waals surface area (Å²) in [6.07, 6.45) is 1.19. The van der Waals surface area contributed by atoms with Gasteiger partial charge in [-0.05, 0) is 0 Å². The molecule has 2 heteroatoms. The average molecular weight is 111 g/mol. The number of carbonyl (C=O) groups is 1. The fourth-order valence-electron chi connectivity index (χ4n) is 0.768. The summed E-state index contributed by atoms with van der Waals surface area (Å²) >= 11 is 0. The monoisotopic (exact) mass is 111 g/mol. The lowest BCUT2D eigenvalue weighted by atomic mass is 10.1. The Kier molecular flexibility index (Phi) is 1.33. The Bertz CT molecular complexity index is 114. The van der Waals surface area contributed by atoms with Crippen molar-refractivity contribution in [1.29, 1.82) is 0 Å². The zero-order valence-corrected chi connectivity index (χ0v) is 4.74. The minimum absolute atomic E-state index is 0.300. The molecule has 1 aliphatic rings. The van der Waals surface area contributed by atoms with E-state index in [-0.39, 0.29) is 0 Å². The summed E-state index contributed by atoms with van der Waals surface area (Å²) in [6.45, 7) is 4.41. The summed E-state index contributed by atoms with van der Waals surface area (Å²) in [5.74, 6) is 0.300. The van der Waals surface area contributed by atoms with Crippen LogP contribution in [0.25, 0.3) is 0 Å². The number of ketones is 1. The van der Waals surface area contributed by atoms with Crippen LogP contribution in [-0.4, -0.2) is 12.3 Å². The first-order chi connectivity index (χ1) is 3.79. The Morgan fingerprint density at radius 2 is 2.38 bits per heavy atom. The number of nitrogens with one attached hydrogen (secondary N) is 1. The fourth-order valence-corrected chi connectivity index (χ4v) is 0.768. The number of piperidine rings is 1. The van der Waals surface area contributed by atoms with Gasteiger partial charge in [-0.2, -0.15) is 0 Å². The lowest BCUT2D eigenvalue weighted by molar-refractivity contribution is -0.119. The number of hydrogen-bond donors (Lipinski definition) is 1. The Balaban J connectivity index is 2.45. The maximum absolute atomic E-state index is 10.6. The van der Waals surface area contributed by atoms with Crippen molar-refractivity contribution in [3.05, 3.63) is 12.3 Å². The van der Waals surface area contributed by atoms with E-state index in [0.29, 0.717) is 18.6 Å². The smallest absolute Gasteiger partial charge is 0.140 e. The summed E-state index contributed by atoms with van der Waals surface area (Å²) in [6, 6.07) is 0. The van der Waals surface area contributed by atoms with Gasteiger partial charge in [0.1, 0.15) is 5.78 Å². The molecule has 0 spiro atoms. The largest absolute Gasteiger partial charge is 0.388 e. The molecule has 8 heavy (non-hydrogen) atoms. The molecule has 1 fully saturated rings. The third-order valence-electron chi connectivity index (χ3n) is 1.19. The number of Topliss-reactive ketones (excluding diaryl/α,β-unsaturated/α-hetero) is 1. The van der Waals surface area contributed by atoms with E-state index in [2.05, 4.69) is 11.9 Å². The van der Waals surface area contributed by atoms with E-state index in [9.17, 15) is 4.79 Å². The van der Waals surface area contributed by atoms with Crippen molar-refractivity contribution in [3.8, 4) is 0 Å². The van der Waals surface area contributed by atoms with Gasteiger partial charge in [0.15, 0.2) is 0 Å². The van der Waals surface area contributed by atoms with Crippen molar-refractivity contribution in [1.82, 2.24) is 5.32 Å². The van der Waals surface area contributed by atoms with Gasteiger partial charge >= 0.3 is 0 Å². The molecule has 0 saturated carbocycles. The molecule has 0 bridgehead atoms. The van der Waals surface area contributed by atoms with E-state index in [1.807, 2.05) is 0 Å². The highest BCUT2D eigenvalue weighted by Gasteiger charge is 2.08. The lowest BCUT2D eigenvalue weighted by Gasteiger charge is -2.13. The first kappa shape index (κ1) is 5.35. The van der Waals surface area contributed by atoms with Gasteiger partial charge in [0.25, 0.3) is 0 Å². The maximum atomic E-state index is 10.6. The molecule has 0 aliphatic carbocycles. The van der Waals surface area contributed by atoms with Gasteiger partial charge in [0.2, 0.25) is 0 Å². The van der Waals surface area contributed by atoms with Gasteiger partial charge in [-0.1, -0.05) is 6.58 Å². The molecule has 1 rings (SSSR count). The molecular formula is C6H9NO. The maximum Gasteiger partial charge on any atom is 0.140 e. The van der Waals surface area contributed by atoms with Crippen LogP contribution in [0, 0.1) is 0 Å². The molecule has 0 aromatic heterocycles. The molecule has 0 unspecified atom stereocenters. The molecule has 1 heterocycles. The van der Waals surface area contributed by atoms with Crippen molar-refractivity contribution in [2.24, 2.45) is 0 Å². The number of hydrogen-bond acceptors (Lipinski definition) is 2. The molecule has 44 valence electrons. The second-order valence-corrected chi connectivity index (χ2v) is 2.00. The number of allylic oxidation sites excluding steroid dienone is 1. The van der Waals surface area contributed by atoms with Crippen LogP contribution in [-0.2, 0) is 4.79 Å². The number of rotatable bonds is 0. The Morgan fingerprint density at radius 3 is 2.75 bits per heavy atom. The van der Waals surface area contributed by atoms with E-state index in [1.165, 1.54) is 0 Å². The molecule has 0 aromatic rings. The third kappa shape index (κ3) is 1.09. The highest BCUT2D eigenvalue weighted by molar-refractivity contribution is 5.81. The Hall–Kier alpha value is -0.790. The van der Waals surface area contributed by atoms with Gasteiger partial charge < -0.3 is 5.32 Å². The molecule has 1 N–H and O–H groups in total. The van der Waals surface area contributed by atoms with Crippen molar-refractivity contribution in [2.75, 3.05) is 6.54 Å². The zero-order valence-electron chi connectivity index (χ0n) is 4.74. The molecule has 1 saturated heterocycles. The second-order valence-electron chi connectivity index (χ2n) is 2.00. The topological polar surface area (TPSA) is 29.1 Å². The number of carbonyl (C=O) groups excluding carboxylic acids is 1. The van der Waals surface area contributed by atoms with Gasteiger partial charge in [-0.3, -0.25) is 4.79 Å². The zero-order chi connectivity index (χ0) is 5.98. The van der Waals surface area contributed by atoms with E-state index in [1.54, 1.807) is 0 Å². The Labute approximate surface area is 48.6 Å². The molecular weight excluding hydrogens is 102 g/mol. The third-order valence-corrected chi connectivity index (χ3v) is 1.19. The van der Waals surface area contributed by atoms with E-state index in [0.717, 1.165) is 12.2 Å². The van der Waals surface area contributed by atoms with Crippen molar-refractivity contribution >= 4 is 5.78 Å². The first-order valence-electron chi connectivity index (χ1n) is 2.72. The van der Waals surface area contributed by atoms with Gasteiger partial charge in [0.05, 0.1) is 0 Å². The highest BCUT2D eigenvalue weighted by atomic mass is 16.1. The van der Waals surface area contributed by atoms with Crippen LogP contribution in [0.3, 0.4) is 0 Å². The van der Waals surface area contributed by atoms with Crippen LogP contribution in [0.5, 0.6) is 0 Å². The quantitative estimate of drug-likeness (QED) is 0.492. The van der Waals surface area contributed by atoms with Crippen LogP contribution >= 0.6 is 0 Å². The SMILES string of the molecule is C=C1CC(=O)CCN1. The summed E-state index contributed by atoms with van der Waals surface area (Å²) < 4.78 is 0. The second kappa shape index (κ2) is 1.99. The first-order valence-corrected chi connectivity index (χ1v) is 2.72. The van der Waals surface area contributed by atoms with Crippen LogP contribution in [0.2, 0.25) is 0 Å². The summed E-state index contributed by atoms with van der Waals surface area (Å²) in [4.78, 5) is 10.6. The summed E-state index contributed by atoms with van der Waals surface area (Å²) in [7, 11) is 0. The summed E-state index contributed by atoms with van der Waals surface area (Å²) in [5, 5.41) is 3.00. The lowest BCUT2D eigenvalue weighted by Crippen LogP contribution is -2.24. The average Bonchev–Trinajstić information content (AvgIpc) is 1.64. The normalized spacial score (nSPS) is 20.5. The van der Waals surface area contributed by atoms with Crippen molar-refractivity contribution in [3.63, 3.8) is 0 Å². The van der Waals surface area contributed by atoms with Crippen LogP contribution in [0.4, 0.5) is 0 Å². The summed E-state index contributed by atoms with van der Waals surface area (Å²) in [5.41, 5.74) is 0.862. The van der Waals surface area contributed by atoms with Gasteiger partial charge in [0, 0.05) is 25.1 Å².